The van der Waals surface area contributed by atoms with Gasteiger partial charge in [-0.2, -0.15) is 0 Å². The number of hydrogen-bond acceptors (Lipinski definition) is 2. The first-order valence-corrected chi connectivity index (χ1v) is 4.55. The van der Waals surface area contributed by atoms with Gasteiger partial charge in [0.05, 0.1) is 12.7 Å². The van der Waals surface area contributed by atoms with Crippen molar-refractivity contribution in [2.75, 3.05) is 28.2 Å². The predicted molar refractivity (Wildman–Crippen MR) is 55.6 cm³/mol. The molecule has 0 N–H and O–H groups in total. The maximum Gasteiger partial charge on any atom is 0.0797 e. The minimum Gasteiger partial charge on any atom is -0.351 e. The van der Waals surface area contributed by atoms with Crippen molar-refractivity contribution in [1.82, 2.24) is 14.4 Å². The lowest BCUT2D eigenvalue weighted by Crippen LogP contribution is -2.43. The summed E-state index contributed by atoms with van der Waals surface area (Å²) in [6.07, 6.45) is 4.65. The van der Waals surface area contributed by atoms with Crippen LogP contribution in [0.2, 0.25) is 0 Å². The van der Waals surface area contributed by atoms with Gasteiger partial charge in [0.25, 0.3) is 0 Å². The molecule has 0 amide bonds. The van der Waals surface area contributed by atoms with Crippen molar-refractivity contribution in [1.29, 1.82) is 0 Å². The van der Waals surface area contributed by atoms with Crippen molar-refractivity contribution in [3.8, 4) is 0 Å². The minimum atomic E-state index is 0.451. The van der Waals surface area contributed by atoms with Gasteiger partial charge in [0.2, 0.25) is 0 Å². The zero-order valence-corrected chi connectivity index (χ0v) is 8.94. The van der Waals surface area contributed by atoms with Gasteiger partial charge >= 0.3 is 0 Å². The SMILES string of the molecule is CN(C)C(Cn1cccc1)N(C)C. The number of nitrogens with zero attached hydrogens (tertiary/aromatic N) is 3. The highest BCUT2D eigenvalue weighted by molar-refractivity contribution is 4.91. The van der Waals surface area contributed by atoms with Crippen LogP contribution in [0.25, 0.3) is 0 Å². The molecule has 1 aromatic rings. The lowest BCUT2D eigenvalue weighted by atomic mass is 10.4. The first-order valence-electron chi connectivity index (χ1n) is 4.55. The summed E-state index contributed by atoms with van der Waals surface area (Å²) in [6, 6.07) is 4.12. The van der Waals surface area contributed by atoms with Crippen molar-refractivity contribution in [3.63, 3.8) is 0 Å². The highest BCUT2D eigenvalue weighted by Gasteiger charge is 2.13. The Kier molecular flexibility index (Phi) is 3.51. The molecular weight excluding hydrogens is 162 g/mol. The quantitative estimate of drug-likeness (QED) is 0.640. The van der Waals surface area contributed by atoms with E-state index in [1.54, 1.807) is 0 Å². The topological polar surface area (TPSA) is 11.4 Å². The predicted octanol–water partition coefficient (Wildman–Crippen LogP) is 0.937. The summed E-state index contributed by atoms with van der Waals surface area (Å²) in [5.74, 6) is 0. The molecule has 0 aliphatic rings. The van der Waals surface area contributed by atoms with Crippen LogP contribution in [0.3, 0.4) is 0 Å². The molecule has 0 fully saturated rings. The molecule has 0 atom stereocenters. The molecule has 0 aromatic carbocycles. The first kappa shape index (κ1) is 10.3. The maximum atomic E-state index is 2.22. The lowest BCUT2D eigenvalue weighted by Gasteiger charge is -2.30. The van der Waals surface area contributed by atoms with E-state index in [0.717, 1.165) is 6.54 Å². The normalized spacial score (nSPS) is 11.9. The summed E-state index contributed by atoms with van der Waals surface area (Å²) >= 11 is 0. The second kappa shape index (κ2) is 4.44. The molecule has 1 rings (SSSR count). The molecule has 3 nitrogen and oxygen atoms in total. The average Bonchev–Trinajstić information content (AvgIpc) is 2.50. The van der Waals surface area contributed by atoms with Crippen molar-refractivity contribution < 1.29 is 0 Å². The lowest BCUT2D eigenvalue weighted by molar-refractivity contribution is 0.111. The van der Waals surface area contributed by atoms with Crippen molar-refractivity contribution in [3.05, 3.63) is 24.5 Å². The average molecular weight is 181 g/mol. The fourth-order valence-corrected chi connectivity index (χ4v) is 1.47. The van der Waals surface area contributed by atoms with Crippen molar-refractivity contribution >= 4 is 0 Å². The molecule has 13 heavy (non-hydrogen) atoms. The van der Waals surface area contributed by atoms with Gasteiger partial charge in [0.15, 0.2) is 0 Å². The molecule has 0 aliphatic carbocycles. The molecular formula is C10H19N3. The summed E-state index contributed by atoms with van der Waals surface area (Å²) in [4.78, 5) is 4.44. The Morgan fingerprint density at radius 1 is 1.00 bits per heavy atom. The molecule has 0 radical (unpaired) electrons. The number of rotatable bonds is 4. The Labute approximate surface area is 80.6 Å². The van der Waals surface area contributed by atoms with E-state index in [1.165, 1.54) is 0 Å². The van der Waals surface area contributed by atoms with E-state index in [4.69, 9.17) is 0 Å². The maximum absolute atomic E-state index is 2.22. The van der Waals surface area contributed by atoms with Crippen LogP contribution in [0.4, 0.5) is 0 Å². The minimum absolute atomic E-state index is 0.451. The van der Waals surface area contributed by atoms with Crippen LogP contribution in [-0.2, 0) is 6.54 Å². The number of hydrogen-bond donors (Lipinski definition) is 0. The van der Waals surface area contributed by atoms with Crippen LogP contribution in [0.5, 0.6) is 0 Å². The zero-order chi connectivity index (χ0) is 9.84. The van der Waals surface area contributed by atoms with Crippen LogP contribution in [0.1, 0.15) is 0 Å². The summed E-state index contributed by atoms with van der Waals surface area (Å²) in [6.45, 7) is 1.01. The van der Waals surface area contributed by atoms with Crippen LogP contribution in [0, 0.1) is 0 Å². The van der Waals surface area contributed by atoms with Gasteiger partial charge in [-0.05, 0) is 40.3 Å². The Morgan fingerprint density at radius 3 is 1.85 bits per heavy atom. The molecule has 0 aliphatic heterocycles. The Balaban J connectivity index is 2.58. The summed E-state index contributed by atoms with van der Waals surface area (Å²) in [5.41, 5.74) is 0. The molecule has 0 saturated carbocycles. The van der Waals surface area contributed by atoms with E-state index in [1.807, 2.05) is 0 Å². The van der Waals surface area contributed by atoms with E-state index >= 15 is 0 Å². The van der Waals surface area contributed by atoms with Gasteiger partial charge in [0, 0.05) is 12.4 Å². The molecule has 0 spiro atoms. The third-order valence-electron chi connectivity index (χ3n) is 2.23. The van der Waals surface area contributed by atoms with E-state index < -0.39 is 0 Å². The van der Waals surface area contributed by atoms with E-state index in [0.29, 0.717) is 6.17 Å². The fourth-order valence-electron chi connectivity index (χ4n) is 1.47. The van der Waals surface area contributed by atoms with Crippen LogP contribution in [0.15, 0.2) is 24.5 Å². The molecule has 0 bridgehead atoms. The Morgan fingerprint density at radius 2 is 1.46 bits per heavy atom. The number of likely N-dealkylation sites (N-methyl/N-ethyl adjacent to an activating group) is 2. The van der Waals surface area contributed by atoms with Crippen LogP contribution in [-0.4, -0.2) is 48.7 Å². The Bertz CT molecular complexity index is 218. The first-order chi connectivity index (χ1) is 6.11. The highest BCUT2D eigenvalue weighted by atomic mass is 15.3. The van der Waals surface area contributed by atoms with Gasteiger partial charge in [-0.1, -0.05) is 0 Å². The molecule has 1 aromatic heterocycles. The van der Waals surface area contributed by atoms with Crippen LogP contribution < -0.4 is 0 Å². The standard InChI is InChI=1S/C10H19N3/c1-11(2)10(12(3)4)9-13-7-5-6-8-13/h5-8,10H,9H2,1-4H3. The van der Waals surface area contributed by atoms with E-state index in [2.05, 4.69) is 67.1 Å². The van der Waals surface area contributed by atoms with Gasteiger partial charge in [-0.25, -0.2) is 0 Å². The summed E-state index contributed by atoms with van der Waals surface area (Å²) < 4.78 is 2.20. The van der Waals surface area contributed by atoms with Gasteiger partial charge in [0.1, 0.15) is 0 Å². The fraction of sp³-hybridized carbons (Fsp3) is 0.600. The molecule has 0 unspecified atom stereocenters. The van der Waals surface area contributed by atoms with Gasteiger partial charge in [-0.3, -0.25) is 9.80 Å². The second-order valence-corrected chi connectivity index (χ2v) is 3.79. The third kappa shape index (κ3) is 2.86. The largest absolute Gasteiger partial charge is 0.351 e. The molecule has 3 heteroatoms. The molecule has 74 valence electrons. The number of aromatic nitrogens is 1. The monoisotopic (exact) mass is 181 g/mol. The Hall–Kier alpha value is -0.800. The molecule has 0 saturated heterocycles. The van der Waals surface area contributed by atoms with Gasteiger partial charge < -0.3 is 4.57 Å². The second-order valence-electron chi connectivity index (χ2n) is 3.79. The van der Waals surface area contributed by atoms with E-state index in [9.17, 15) is 0 Å². The van der Waals surface area contributed by atoms with Gasteiger partial charge in [-0.15, -0.1) is 0 Å². The van der Waals surface area contributed by atoms with Crippen molar-refractivity contribution in [2.24, 2.45) is 0 Å². The van der Waals surface area contributed by atoms with E-state index in [-0.39, 0.29) is 0 Å². The van der Waals surface area contributed by atoms with Crippen molar-refractivity contribution in [2.45, 2.75) is 12.7 Å². The smallest absolute Gasteiger partial charge is 0.0797 e. The third-order valence-corrected chi connectivity index (χ3v) is 2.23. The van der Waals surface area contributed by atoms with Crippen LogP contribution >= 0.6 is 0 Å². The zero-order valence-electron chi connectivity index (χ0n) is 8.94. The highest BCUT2D eigenvalue weighted by Crippen LogP contribution is 2.02. The molecule has 1 heterocycles. The summed E-state index contributed by atoms with van der Waals surface area (Å²) in [5, 5.41) is 0. The summed E-state index contributed by atoms with van der Waals surface area (Å²) in [7, 11) is 8.42.